The molecule has 4 rings (SSSR count). The fourth-order valence-corrected chi connectivity index (χ4v) is 4.88. The lowest BCUT2D eigenvalue weighted by atomic mass is 9.81. The summed E-state index contributed by atoms with van der Waals surface area (Å²) in [4.78, 5) is 6.76. The second-order valence-corrected chi connectivity index (χ2v) is 8.12. The first-order chi connectivity index (χ1) is 12.1. The largest absolute Gasteiger partial charge is 0.252 e. The Hall–Kier alpha value is -1.88. The van der Waals surface area contributed by atoms with Crippen LogP contribution in [-0.2, 0) is 10.4 Å². The zero-order valence-corrected chi connectivity index (χ0v) is 16.2. The van der Waals surface area contributed by atoms with Crippen molar-refractivity contribution < 1.29 is 4.84 Å². The minimum Gasteiger partial charge on any atom is -0.252 e. The van der Waals surface area contributed by atoms with E-state index in [0.29, 0.717) is 0 Å². The first kappa shape index (κ1) is 16.6. The molecule has 1 atom stereocenters. The number of rotatable bonds is 4. The number of thiophene rings is 2. The van der Waals surface area contributed by atoms with Gasteiger partial charge >= 0.3 is 0 Å². The number of hydroxylamine groups is 2. The van der Waals surface area contributed by atoms with Gasteiger partial charge in [-0.15, -0.1) is 0 Å². The quantitative estimate of drug-likeness (QED) is 0.549. The van der Waals surface area contributed by atoms with Crippen LogP contribution >= 0.6 is 22.7 Å². The summed E-state index contributed by atoms with van der Waals surface area (Å²) in [7, 11) is 0. The second kappa shape index (κ2) is 6.45. The van der Waals surface area contributed by atoms with Gasteiger partial charge in [-0.2, -0.15) is 22.7 Å². The molecule has 0 amide bonds. The van der Waals surface area contributed by atoms with E-state index in [4.69, 9.17) is 4.84 Å². The van der Waals surface area contributed by atoms with Gasteiger partial charge in [0.05, 0.1) is 11.7 Å². The van der Waals surface area contributed by atoms with Crippen LogP contribution in [0.1, 0.15) is 37.5 Å². The Balaban J connectivity index is 1.99. The molecule has 0 bridgehead atoms. The van der Waals surface area contributed by atoms with E-state index in [1.807, 2.05) is 0 Å². The van der Waals surface area contributed by atoms with Gasteiger partial charge in [0.2, 0.25) is 0 Å². The summed E-state index contributed by atoms with van der Waals surface area (Å²) < 4.78 is 0. The first-order valence-corrected chi connectivity index (χ1v) is 10.3. The van der Waals surface area contributed by atoms with Crippen molar-refractivity contribution in [3.05, 3.63) is 86.2 Å². The molecule has 0 saturated carbocycles. The molecule has 1 unspecified atom stereocenters. The minimum atomic E-state index is -0.567. The fraction of sp³-hybridized carbons (Fsp3) is 0.238. The summed E-state index contributed by atoms with van der Waals surface area (Å²) in [5.74, 6) is 0. The monoisotopic (exact) mass is 367 g/mol. The fourth-order valence-electron chi connectivity index (χ4n) is 3.54. The number of benzene rings is 1. The van der Waals surface area contributed by atoms with Crippen LogP contribution in [0.3, 0.4) is 0 Å². The summed E-state index contributed by atoms with van der Waals surface area (Å²) in [6.07, 6.45) is 0. The minimum absolute atomic E-state index is 0.245. The topological polar surface area (TPSA) is 12.5 Å². The van der Waals surface area contributed by atoms with Crippen LogP contribution in [0.4, 0.5) is 0 Å². The van der Waals surface area contributed by atoms with E-state index >= 15 is 0 Å². The molecule has 0 fully saturated rings. The molecule has 2 aromatic heterocycles. The number of hydrogen-bond acceptors (Lipinski definition) is 4. The molecule has 3 heterocycles. The average Bonchev–Trinajstić information content (AvgIpc) is 3.36. The third-order valence-corrected chi connectivity index (χ3v) is 6.08. The Bertz CT molecular complexity index is 866. The molecule has 4 heteroatoms. The standard InChI is InChI=1S/C21H21NOS2/c1-15(2)22-20(17-9-11-24-13-17)16(3)21(23-22,19-10-12-25-14-19)18-7-5-4-6-8-18/h4-15H,1-3H3. The van der Waals surface area contributed by atoms with Crippen LogP contribution in [-0.4, -0.2) is 11.1 Å². The maximum absolute atomic E-state index is 6.76. The number of hydrogen-bond donors (Lipinski definition) is 0. The third-order valence-electron chi connectivity index (χ3n) is 4.71. The maximum Gasteiger partial charge on any atom is 0.170 e. The van der Waals surface area contributed by atoms with Gasteiger partial charge in [0.15, 0.2) is 5.60 Å². The van der Waals surface area contributed by atoms with E-state index in [0.717, 1.165) is 0 Å². The normalized spacial score (nSPS) is 20.7. The molecule has 0 aliphatic carbocycles. The molecule has 2 nitrogen and oxygen atoms in total. The van der Waals surface area contributed by atoms with Crippen molar-refractivity contribution in [2.75, 3.05) is 0 Å². The van der Waals surface area contributed by atoms with Gasteiger partial charge < -0.3 is 0 Å². The molecule has 0 N–H and O–H groups in total. The summed E-state index contributed by atoms with van der Waals surface area (Å²) in [6, 6.07) is 15.2. The maximum atomic E-state index is 6.76. The van der Waals surface area contributed by atoms with E-state index in [1.165, 1.54) is 28.0 Å². The molecule has 3 aromatic rings. The van der Waals surface area contributed by atoms with Crippen LogP contribution in [0.2, 0.25) is 0 Å². The Kier molecular flexibility index (Phi) is 4.28. The second-order valence-electron chi connectivity index (χ2n) is 6.56. The lowest BCUT2D eigenvalue weighted by molar-refractivity contribution is -0.180. The molecule has 0 radical (unpaired) electrons. The molecule has 128 valence electrons. The SMILES string of the molecule is CC1=C(c2ccsc2)N(C(C)C)OC1(c1ccccc1)c1ccsc1. The molecular weight excluding hydrogens is 346 g/mol. The van der Waals surface area contributed by atoms with E-state index in [2.05, 4.69) is 89.8 Å². The molecule has 1 aromatic carbocycles. The van der Waals surface area contributed by atoms with Gasteiger partial charge in [0.25, 0.3) is 0 Å². The van der Waals surface area contributed by atoms with Crippen molar-refractivity contribution in [3.63, 3.8) is 0 Å². The predicted octanol–water partition coefficient (Wildman–Crippen LogP) is 6.14. The summed E-state index contributed by atoms with van der Waals surface area (Å²) in [5, 5.41) is 10.7. The molecule has 25 heavy (non-hydrogen) atoms. The Morgan fingerprint density at radius 3 is 2.24 bits per heavy atom. The Morgan fingerprint density at radius 1 is 0.920 bits per heavy atom. The van der Waals surface area contributed by atoms with Gasteiger partial charge in [0, 0.05) is 16.5 Å². The van der Waals surface area contributed by atoms with Crippen molar-refractivity contribution in [2.45, 2.75) is 32.4 Å². The highest BCUT2D eigenvalue weighted by Gasteiger charge is 2.48. The molecule has 1 aliphatic heterocycles. The van der Waals surface area contributed by atoms with Crippen molar-refractivity contribution in [1.82, 2.24) is 5.06 Å². The van der Waals surface area contributed by atoms with Crippen molar-refractivity contribution in [1.29, 1.82) is 0 Å². The van der Waals surface area contributed by atoms with Crippen molar-refractivity contribution in [2.24, 2.45) is 0 Å². The highest BCUT2D eigenvalue weighted by atomic mass is 32.1. The van der Waals surface area contributed by atoms with Crippen LogP contribution in [0.15, 0.2) is 69.6 Å². The average molecular weight is 368 g/mol. The first-order valence-electron chi connectivity index (χ1n) is 8.45. The zero-order chi connectivity index (χ0) is 17.4. The highest BCUT2D eigenvalue weighted by Crippen LogP contribution is 2.51. The number of nitrogens with zero attached hydrogens (tertiary/aromatic N) is 1. The zero-order valence-electron chi connectivity index (χ0n) is 14.6. The molecule has 1 aliphatic rings. The highest BCUT2D eigenvalue weighted by molar-refractivity contribution is 7.08. The Labute approximate surface area is 157 Å². The lowest BCUT2D eigenvalue weighted by Crippen LogP contribution is -2.35. The lowest BCUT2D eigenvalue weighted by Gasteiger charge is -2.33. The third kappa shape index (κ3) is 2.56. The van der Waals surface area contributed by atoms with E-state index in [-0.39, 0.29) is 6.04 Å². The smallest absolute Gasteiger partial charge is 0.170 e. The van der Waals surface area contributed by atoms with Crippen LogP contribution in [0, 0.1) is 0 Å². The summed E-state index contributed by atoms with van der Waals surface area (Å²) in [6.45, 7) is 6.56. The van der Waals surface area contributed by atoms with Gasteiger partial charge in [-0.3, -0.25) is 4.84 Å². The Morgan fingerprint density at radius 2 is 1.64 bits per heavy atom. The van der Waals surface area contributed by atoms with Gasteiger partial charge in [0.1, 0.15) is 0 Å². The van der Waals surface area contributed by atoms with Gasteiger partial charge in [-0.1, -0.05) is 30.3 Å². The van der Waals surface area contributed by atoms with Crippen molar-refractivity contribution >= 4 is 28.4 Å². The molecule has 0 saturated heterocycles. The summed E-state index contributed by atoms with van der Waals surface area (Å²) >= 11 is 3.43. The van der Waals surface area contributed by atoms with E-state index < -0.39 is 5.60 Å². The molecule has 0 spiro atoms. The van der Waals surface area contributed by atoms with Crippen LogP contribution in [0.5, 0.6) is 0 Å². The summed E-state index contributed by atoms with van der Waals surface area (Å²) in [5.41, 5.74) is 5.45. The predicted molar refractivity (Wildman–Crippen MR) is 107 cm³/mol. The van der Waals surface area contributed by atoms with E-state index in [9.17, 15) is 0 Å². The van der Waals surface area contributed by atoms with Gasteiger partial charge in [-0.05, 0) is 60.2 Å². The van der Waals surface area contributed by atoms with Crippen LogP contribution in [0.25, 0.3) is 5.70 Å². The van der Waals surface area contributed by atoms with Gasteiger partial charge in [-0.25, -0.2) is 5.06 Å². The molecular formula is C21H21NOS2. The van der Waals surface area contributed by atoms with E-state index in [1.54, 1.807) is 22.7 Å². The van der Waals surface area contributed by atoms with Crippen molar-refractivity contribution in [3.8, 4) is 0 Å². The van der Waals surface area contributed by atoms with Crippen LogP contribution < -0.4 is 0 Å².